The van der Waals surface area contributed by atoms with Gasteiger partial charge in [0.25, 0.3) is 11.8 Å². The van der Waals surface area contributed by atoms with Crippen LogP contribution in [0.2, 0.25) is 0 Å². The molecule has 0 radical (unpaired) electrons. The van der Waals surface area contributed by atoms with Crippen LogP contribution in [0.15, 0.2) is 66.9 Å². The number of nitrogens with zero attached hydrogens (tertiary/aromatic N) is 5. The third kappa shape index (κ3) is 4.67. The minimum Gasteiger partial charge on any atom is -0.493 e. The molecular formula is C29H31N5O4. The molecule has 3 heterocycles. The van der Waals surface area contributed by atoms with E-state index in [1.165, 1.54) is 0 Å². The van der Waals surface area contributed by atoms with E-state index in [9.17, 15) is 9.59 Å². The van der Waals surface area contributed by atoms with Crippen molar-refractivity contribution in [2.75, 3.05) is 33.9 Å². The molecule has 4 aromatic rings. The lowest BCUT2D eigenvalue weighted by atomic mass is 9.98. The predicted octanol–water partition coefficient (Wildman–Crippen LogP) is 4.04. The van der Waals surface area contributed by atoms with Crippen molar-refractivity contribution >= 4 is 17.5 Å². The van der Waals surface area contributed by atoms with Crippen LogP contribution in [0, 0.1) is 5.92 Å². The van der Waals surface area contributed by atoms with Crippen LogP contribution in [0.5, 0.6) is 11.5 Å². The number of carbonyl (C=O) groups excluding carboxylic acids is 2. The summed E-state index contributed by atoms with van der Waals surface area (Å²) in [6.07, 6.45) is 1.69. The summed E-state index contributed by atoms with van der Waals surface area (Å²) in [6, 6.07) is 18.4. The normalized spacial score (nSPS) is 15.7. The Morgan fingerprint density at radius 2 is 1.68 bits per heavy atom. The molecule has 5 rings (SSSR count). The molecule has 1 fully saturated rings. The summed E-state index contributed by atoms with van der Waals surface area (Å²) in [7, 11) is 3.18. The average molecular weight is 514 g/mol. The smallest absolute Gasteiger partial charge is 0.274 e. The largest absolute Gasteiger partial charge is 0.493 e. The van der Waals surface area contributed by atoms with Crippen LogP contribution >= 0.6 is 0 Å². The Morgan fingerprint density at radius 3 is 2.39 bits per heavy atom. The molecule has 38 heavy (non-hydrogen) atoms. The fraction of sp³-hybridized carbons (Fsp3) is 0.310. The Labute approximate surface area is 221 Å². The molecule has 1 atom stereocenters. The molecule has 2 aromatic heterocycles. The Hall–Kier alpha value is -4.40. The van der Waals surface area contributed by atoms with Gasteiger partial charge in [0.2, 0.25) is 0 Å². The zero-order valence-electron chi connectivity index (χ0n) is 22.0. The number of ether oxygens (including phenoxy) is 2. The van der Waals surface area contributed by atoms with Crippen LogP contribution in [-0.2, 0) is 0 Å². The molecule has 0 unspecified atom stereocenters. The first-order valence-corrected chi connectivity index (χ1v) is 12.6. The van der Waals surface area contributed by atoms with E-state index in [0.717, 1.165) is 11.3 Å². The Morgan fingerprint density at radius 1 is 0.921 bits per heavy atom. The number of methoxy groups -OCH3 is 2. The predicted molar refractivity (Wildman–Crippen MR) is 144 cm³/mol. The van der Waals surface area contributed by atoms with Crippen LogP contribution in [0.25, 0.3) is 16.9 Å². The number of rotatable bonds is 6. The van der Waals surface area contributed by atoms with Crippen molar-refractivity contribution in [1.29, 1.82) is 0 Å². The Bertz CT molecular complexity index is 1470. The molecule has 196 valence electrons. The summed E-state index contributed by atoms with van der Waals surface area (Å²) in [6.45, 7) is 5.50. The van der Waals surface area contributed by atoms with E-state index in [2.05, 4.69) is 23.9 Å². The Kier molecular flexibility index (Phi) is 7.00. The molecular weight excluding hydrogens is 482 g/mol. The van der Waals surface area contributed by atoms with Gasteiger partial charge in [-0.25, -0.2) is 9.50 Å². The highest BCUT2D eigenvalue weighted by atomic mass is 16.5. The van der Waals surface area contributed by atoms with Crippen molar-refractivity contribution in [2.45, 2.75) is 19.9 Å². The van der Waals surface area contributed by atoms with Gasteiger partial charge in [0.15, 0.2) is 22.8 Å². The fourth-order valence-electron chi connectivity index (χ4n) is 4.94. The first-order chi connectivity index (χ1) is 18.4. The number of carbonyl (C=O) groups is 2. The van der Waals surface area contributed by atoms with Gasteiger partial charge in [-0.3, -0.25) is 9.59 Å². The Balaban J connectivity index is 1.41. The van der Waals surface area contributed by atoms with Crippen molar-refractivity contribution in [3.63, 3.8) is 0 Å². The van der Waals surface area contributed by atoms with E-state index in [1.807, 2.05) is 59.5 Å². The maximum absolute atomic E-state index is 13.6. The molecule has 0 spiro atoms. The van der Waals surface area contributed by atoms with E-state index in [1.54, 1.807) is 35.9 Å². The van der Waals surface area contributed by atoms with Gasteiger partial charge >= 0.3 is 0 Å². The highest BCUT2D eigenvalue weighted by molar-refractivity contribution is 5.96. The van der Waals surface area contributed by atoms with Gasteiger partial charge in [-0.1, -0.05) is 32.0 Å². The minimum atomic E-state index is -0.175. The van der Waals surface area contributed by atoms with Gasteiger partial charge in [-0.05, 0) is 42.3 Å². The first-order valence-electron chi connectivity index (χ1n) is 12.6. The fourth-order valence-corrected chi connectivity index (χ4v) is 4.94. The number of benzene rings is 2. The summed E-state index contributed by atoms with van der Waals surface area (Å²) in [5, 5.41) is 4.64. The lowest BCUT2D eigenvalue weighted by molar-refractivity contribution is 0.0300. The highest BCUT2D eigenvalue weighted by Crippen LogP contribution is 2.32. The molecule has 1 aliphatic rings. The lowest BCUT2D eigenvalue weighted by Gasteiger charge is -2.43. The van der Waals surface area contributed by atoms with Crippen molar-refractivity contribution in [1.82, 2.24) is 24.4 Å². The van der Waals surface area contributed by atoms with Gasteiger partial charge in [0.05, 0.1) is 26.0 Å². The van der Waals surface area contributed by atoms with Crippen molar-refractivity contribution in [3.05, 3.63) is 78.1 Å². The summed E-state index contributed by atoms with van der Waals surface area (Å²) in [5.41, 5.74) is 3.17. The van der Waals surface area contributed by atoms with Gasteiger partial charge in [0, 0.05) is 43.0 Å². The van der Waals surface area contributed by atoms with Crippen LogP contribution < -0.4 is 9.47 Å². The maximum atomic E-state index is 13.6. The molecule has 0 saturated carbocycles. The van der Waals surface area contributed by atoms with E-state index in [4.69, 9.17) is 9.47 Å². The van der Waals surface area contributed by atoms with Gasteiger partial charge in [-0.15, -0.1) is 0 Å². The first kappa shape index (κ1) is 25.3. The summed E-state index contributed by atoms with van der Waals surface area (Å²) >= 11 is 0. The quantitative estimate of drug-likeness (QED) is 0.387. The maximum Gasteiger partial charge on any atom is 0.274 e. The molecule has 0 aliphatic carbocycles. The van der Waals surface area contributed by atoms with Crippen LogP contribution in [-0.4, -0.2) is 76.1 Å². The van der Waals surface area contributed by atoms with E-state index in [-0.39, 0.29) is 23.8 Å². The monoisotopic (exact) mass is 513 g/mol. The van der Waals surface area contributed by atoms with E-state index >= 15 is 0 Å². The second-order valence-corrected chi connectivity index (χ2v) is 9.63. The number of hydrogen-bond donors (Lipinski definition) is 0. The second-order valence-electron chi connectivity index (χ2n) is 9.63. The number of fused-ring (bicyclic) bond motifs is 1. The molecule has 9 nitrogen and oxygen atoms in total. The van der Waals surface area contributed by atoms with Gasteiger partial charge < -0.3 is 19.3 Å². The summed E-state index contributed by atoms with van der Waals surface area (Å²) < 4.78 is 12.5. The highest BCUT2D eigenvalue weighted by Gasteiger charge is 2.35. The molecule has 0 N–H and O–H groups in total. The van der Waals surface area contributed by atoms with Crippen LogP contribution in [0.1, 0.15) is 34.7 Å². The third-order valence-corrected chi connectivity index (χ3v) is 7.01. The third-order valence-electron chi connectivity index (χ3n) is 7.01. The molecule has 1 aliphatic heterocycles. The summed E-state index contributed by atoms with van der Waals surface area (Å²) in [5.74, 6) is 1.22. The molecule has 1 saturated heterocycles. The lowest BCUT2D eigenvalue weighted by Crippen LogP contribution is -2.58. The second kappa shape index (κ2) is 10.5. The zero-order chi connectivity index (χ0) is 26.8. The standard InChI is InChI=1S/C29H31N5O4/c1-19(2)24-18-32(14-15-33(24)28(35)20-8-6-5-7-9-20)29(36)22-17-27-30-13-12-23(34(27)31-22)21-10-11-25(37-3)26(16-21)38-4/h5-13,16-17,19,24H,14-15,18H2,1-4H3/t24-/m1/s1. The summed E-state index contributed by atoms with van der Waals surface area (Å²) in [4.78, 5) is 34.9. The van der Waals surface area contributed by atoms with E-state index < -0.39 is 0 Å². The van der Waals surface area contributed by atoms with Gasteiger partial charge in [0.1, 0.15) is 0 Å². The number of amides is 2. The van der Waals surface area contributed by atoms with Crippen LogP contribution in [0.4, 0.5) is 0 Å². The topological polar surface area (TPSA) is 89.3 Å². The minimum absolute atomic E-state index is 0.00658. The number of aromatic nitrogens is 3. The molecule has 9 heteroatoms. The average Bonchev–Trinajstić information content (AvgIpc) is 3.40. The van der Waals surface area contributed by atoms with Crippen molar-refractivity contribution in [3.8, 4) is 22.8 Å². The molecule has 2 aromatic carbocycles. The zero-order valence-corrected chi connectivity index (χ0v) is 22.0. The van der Waals surface area contributed by atoms with Crippen molar-refractivity contribution < 1.29 is 19.1 Å². The van der Waals surface area contributed by atoms with Gasteiger partial charge in [-0.2, -0.15) is 5.10 Å². The number of hydrogen-bond acceptors (Lipinski definition) is 6. The number of piperazine rings is 1. The molecule has 0 bridgehead atoms. The van der Waals surface area contributed by atoms with Crippen molar-refractivity contribution in [2.24, 2.45) is 5.92 Å². The van der Waals surface area contributed by atoms with Crippen LogP contribution in [0.3, 0.4) is 0 Å². The SMILES string of the molecule is COc1ccc(-c2ccnc3cc(C(=O)N4CCN(C(=O)c5ccccc5)[C@@H](C(C)C)C4)nn23)cc1OC. The van der Waals surface area contributed by atoms with E-state index in [0.29, 0.717) is 48.0 Å². The molecule has 2 amide bonds.